The smallest absolute Gasteiger partial charge is 0.0409 e. The molecule has 0 saturated heterocycles. The van der Waals surface area contributed by atoms with Crippen molar-refractivity contribution in [3.05, 3.63) is 70.2 Å². The molecule has 2 atom stereocenters. The molecular weight excluding hydrogens is 278 g/mol. The van der Waals surface area contributed by atoms with Crippen molar-refractivity contribution < 1.29 is 0 Å². The van der Waals surface area contributed by atoms with Crippen LogP contribution >= 0.6 is 11.6 Å². The molecule has 2 heteroatoms. The maximum absolute atomic E-state index is 6.06. The van der Waals surface area contributed by atoms with Crippen molar-refractivity contribution in [2.24, 2.45) is 0 Å². The van der Waals surface area contributed by atoms with E-state index in [1.54, 1.807) is 0 Å². The Balaban J connectivity index is 2.05. The summed E-state index contributed by atoms with van der Waals surface area (Å²) in [6.07, 6.45) is 0. The molecule has 0 amide bonds. The van der Waals surface area contributed by atoms with Gasteiger partial charge in [0.2, 0.25) is 0 Å². The number of rotatable bonds is 5. The van der Waals surface area contributed by atoms with Gasteiger partial charge >= 0.3 is 0 Å². The Morgan fingerprint density at radius 3 is 1.90 bits per heavy atom. The first kappa shape index (κ1) is 16.1. The minimum Gasteiger partial charge on any atom is -0.304 e. The van der Waals surface area contributed by atoms with Gasteiger partial charge in [-0.25, -0.2) is 0 Å². The number of nitrogens with one attached hydrogen (secondary N) is 1. The van der Waals surface area contributed by atoms with Gasteiger partial charge in [0.25, 0.3) is 0 Å². The molecule has 0 saturated carbocycles. The maximum Gasteiger partial charge on any atom is 0.0409 e. The summed E-state index contributed by atoms with van der Waals surface area (Å²) in [5.41, 5.74) is 3.91. The van der Waals surface area contributed by atoms with Crippen LogP contribution in [0.3, 0.4) is 0 Å². The molecule has 0 fully saturated rings. The van der Waals surface area contributed by atoms with Gasteiger partial charge in [0.05, 0.1) is 0 Å². The molecule has 0 aromatic heterocycles. The molecule has 21 heavy (non-hydrogen) atoms. The molecule has 1 N–H and O–H groups in total. The number of hydrogen-bond donors (Lipinski definition) is 1. The largest absolute Gasteiger partial charge is 0.304 e. The van der Waals surface area contributed by atoms with Crippen LogP contribution in [0.2, 0.25) is 5.02 Å². The van der Waals surface area contributed by atoms with E-state index in [9.17, 15) is 0 Å². The Kier molecular flexibility index (Phi) is 5.44. The minimum absolute atomic E-state index is 0.267. The molecule has 1 nitrogen and oxygen atoms in total. The summed E-state index contributed by atoms with van der Waals surface area (Å²) in [4.78, 5) is 0. The first-order valence-electron chi connectivity index (χ1n) is 7.58. The normalized spacial score (nSPS) is 14.2. The van der Waals surface area contributed by atoms with Crippen molar-refractivity contribution >= 4 is 11.6 Å². The second-order valence-corrected chi connectivity index (χ2v) is 6.42. The Hall–Kier alpha value is -1.31. The van der Waals surface area contributed by atoms with Crippen LogP contribution in [0.15, 0.2) is 48.5 Å². The zero-order chi connectivity index (χ0) is 15.4. The molecule has 112 valence electrons. The van der Waals surface area contributed by atoms with Gasteiger partial charge in [0.1, 0.15) is 0 Å². The molecule has 0 aliphatic rings. The lowest BCUT2D eigenvalue weighted by Crippen LogP contribution is -2.22. The van der Waals surface area contributed by atoms with E-state index in [0.29, 0.717) is 12.0 Å². The average molecular weight is 302 g/mol. The van der Waals surface area contributed by atoms with Crippen molar-refractivity contribution in [1.29, 1.82) is 0 Å². The van der Waals surface area contributed by atoms with E-state index in [0.717, 1.165) is 5.02 Å². The van der Waals surface area contributed by atoms with E-state index in [-0.39, 0.29) is 6.04 Å². The second-order valence-electron chi connectivity index (χ2n) is 5.99. The topological polar surface area (TPSA) is 12.0 Å². The van der Waals surface area contributed by atoms with Crippen LogP contribution in [0.1, 0.15) is 62.4 Å². The van der Waals surface area contributed by atoms with E-state index < -0.39 is 0 Å². The van der Waals surface area contributed by atoms with E-state index in [4.69, 9.17) is 11.6 Å². The summed E-state index contributed by atoms with van der Waals surface area (Å²) in [5.74, 6) is 0.577. The van der Waals surface area contributed by atoms with Crippen molar-refractivity contribution in [3.8, 4) is 0 Å². The van der Waals surface area contributed by atoms with Crippen LogP contribution in [0, 0.1) is 0 Å². The van der Waals surface area contributed by atoms with Crippen LogP contribution in [-0.4, -0.2) is 0 Å². The highest BCUT2D eigenvalue weighted by Gasteiger charge is 2.11. The van der Waals surface area contributed by atoms with Crippen LogP contribution in [-0.2, 0) is 0 Å². The summed E-state index contributed by atoms with van der Waals surface area (Å²) in [5, 5.41) is 4.42. The van der Waals surface area contributed by atoms with Crippen molar-refractivity contribution in [1.82, 2.24) is 5.32 Å². The third-order valence-electron chi connectivity index (χ3n) is 3.95. The summed E-state index contributed by atoms with van der Waals surface area (Å²) in [6, 6.07) is 17.5. The molecule has 0 bridgehead atoms. The minimum atomic E-state index is 0.267. The van der Waals surface area contributed by atoms with Gasteiger partial charge in [-0.15, -0.1) is 0 Å². The highest BCUT2D eigenvalue weighted by molar-refractivity contribution is 6.30. The first-order chi connectivity index (χ1) is 9.97. The lowest BCUT2D eigenvalue weighted by molar-refractivity contribution is 0.494. The molecular formula is C19H24ClN. The summed E-state index contributed by atoms with van der Waals surface area (Å²) in [7, 11) is 0. The van der Waals surface area contributed by atoms with Gasteiger partial charge in [0.15, 0.2) is 0 Å². The quantitative estimate of drug-likeness (QED) is 0.727. The Morgan fingerprint density at radius 2 is 1.33 bits per heavy atom. The van der Waals surface area contributed by atoms with E-state index in [2.05, 4.69) is 63.3 Å². The van der Waals surface area contributed by atoms with Crippen molar-refractivity contribution in [2.75, 3.05) is 0 Å². The van der Waals surface area contributed by atoms with Gasteiger partial charge in [-0.05, 0) is 48.6 Å². The summed E-state index contributed by atoms with van der Waals surface area (Å²) in [6.45, 7) is 8.81. The van der Waals surface area contributed by atoms with E-state index in [1.165, 1.54) is 16.7 Å². The maximum atomic E-state index is 6.06. The second kappa shape index (κ2) is 7.11. The molecule has 0 spiro atoms. The lowest BCUT2D eigenvalue weighted by Gasteiger charge is -2.21. The molecule has 1 unspecified atom stereocenters. The van der Waals surface area contributed by atoms with Crippen molar-refractivity contribution in [3.63, 3.8) is 0 Å². The van der Waals surface area contributed by atoms with E-state index >= 15 is 0 Å². The van der Waals surface area contributed by atoms with Gasteiger partial charge in [-0.3, -0.25) is 0 Å². The van der Waals surface area contributed by atoms with Crippen LogP contribution in [0.4, 0.5) is 0 Å². The summed E-state index contributed by atoms with van der Waals surface area (Å²) < 4.78 is 0. The molecule has 2 aromatic rings. The van der Waals surface area contributed by atoms with Crippen LogP contribution in [0.5, 0.6) is 0 Å². The molecule has 0 aliphatic carbocycles. The lowest BCUT2D eigenvalue weighted by atomic mass is 9.99. The third kappa shape index (κ3) is 4.33. The average Bonchev–Trinajstić information content (AvgIpc) is 2.47. The van der Waals surface area contributed by atoms with Crippen LogP contribution < -0.4 is 5.32 Å². The molecule has 2 rings (SSSR count). The molecule has 0 radical (unpaired) electrons. The number of halogens is 1. The monoisotopic (exact) mass is 301 g/mol. The highest BCUT2D eigenvalue weighted by Crippen LogP contribution is 2.23. The zero-order valence-electron chi connectivity index (χ0n) is 13.2. The predicted octanol–water partition coefficient (Wildman–Crippen LogP) is 5.88. The standard InChI is InChI=1S/C19H24ClN/c1-13(2)16-8-10-17(11-9-16)14(3)21-15(4)18-6-5-7-19(20)12-18/h5-15,21H,1-4H3/t14?,15-/m0/s1. The van der Waals surface area contributed by atoms with Gasteiger partial charge < -0.3 is 5.32 Å². The zero-order valence-corrected chi connectivity index (χ0v) is 14.0. The first-order valence-corrected chi connectivity index (χ1v) is 7.96. The van der Waals surface area contributed by atoms with Gasteiger partial charge in [0, 0.05) is 17.1 Å². The van der Waals surface area contributed by atoms with Crippen molar-refractivity contribution in [2.45, 2.75) is 45.7 Å². The fraction of sp³-hybridized carbons (Fsp3) is 0.368. The predicted molar refractivity (Wildman–Crippen MR) is 91.9 cm³/mol. The van der Waals surface area contributed by atoms with E-state index in [1.807, 2.05) is 18.2 Å². The third-order valence-corrected chi connectivity index (χ3v) is 4.19. The molecule has 0 aliphatic heterocycles. The Bertz CT molecular complexity index is 574. The number of hydrogen-bond acceptors (Lipinski definition) is 1. The highest BCUT2D eigenvalue weighted by atomic mass is 35.5. The Morgan fingerprint density at radius 1 is 0.762 bits per heavy atom. The van der Waals surface area contributed by atoms with Gasteiger partial charge in [-0.1, -0.05) is 61.8 Å². The number of benzene rings is 2. The Labute approximate surface area is 133 Å². The van der Waals surface area contributed by atoms with Gasteiger partial charge in [-0.2, -0.15) is 0 Å². The fourth-order valence-electron chi connectivity index (χ4n) is 2.51. The fourth-order valence-corrected chi connectivity index (χ4v) is 2.71. The summed E-state index contributed by atoms with van der Waals surface area (Å²) >= 11 is 6.06. The SMILES string of the molecule is CC(C)c1ccc(C(C)N[C@@H](C)c2cccc(Cl)c2)cc1. The molecule has 0 heterocycles. The molecule has 2 aromatic carbocycles. The van der Waals surface area contributed by atoms with Crippen LogP contribution in [0.25, 0.3) is 0 Å².